The van der Waals surface area contributed by atoms with Crippen molar-refractivity contribution in [3.63, 3.8) is 0 Å². The van der Waals surface area contributed by atoms with E-state index in [9.17, 15) is 4.79 Å². The van der Waals surface area contributed by atoms with Crippen LogP contribution in [0.1, 0.15) is 86.5 Å². The van der Waals surface area contributed by atoms with Crippen molar-refractivity contribution in [3.05, 3.63) is 11.6 Å². The van der Waals surface area contributed by atoms with Crippen molar-refractivity contribution in [2.45, 2.75) is 123 Å². The fourth-order valence-corrected chi connectivity index (χ4v) is 9.79. The van der Waals surface area contributed by atoms with Gasteiger partial charge in [0, 0.05) is 19.3 Å². The monoisotopic (exact) mass is 504 g/mol. The number of hydrogen-bond acceptors (Lipinski definition) is 5. The molecule has 1 heterocycles. The highest BCUT2D eigenvalue weighted by molar-refractivity contribution is 6.74. The van der Waals surface area contributed by atoms with Crippen LogP contribution in [-0.4, -0.2) is 45.5 Å². The molecule has 5 nitrogen and oxygen atoms in total. The number of hydrogen-bond donors (Lipinski definition) is 0. The molecule has 5 aliphatic rings. The quantitative estimate of drug-likeness (QED) is 0.245. The van der Waals surface area contributed by atoms with Gasteiger partial charge in [0.15, 0.2) is 14.1 Å². The van der Waals surface area contributed by atoms with Crippen LogP contribution in [0.4, 0.5) is 0 Å². The van der Waals surface area contributed by atoms with Crippen molar-refractivity contribution in [2.75, 3.05) is 13.2 Å². The molecule has 0 aromatic carbocycles. The number of rotatable bonds is 3. The second-order valence-electron chi connectivity index (χ2n) is 14.2. The Morgan fingerprint density at radius 3 is 2.34 bits per heavy atom. The maximum absolute atomic E-state index is 11.7. The van der Waals surface area contributed by atoms with Crippen molar-refractivity contribution < 1.29 is 23.4 Å². The lowest BCUT2D eigenvalue weighted by molar-refractivity contribution is -0.233. The van der Waals surface area contributed by atoms with E-state index in [0.29, 0.717) is 37.1 Å². The Morgan fingerprint density at radius 2 is 1.71 bits per heavy atom. The zero-order valence-corrected chi connectivity index (χ0v) is 24.4. The molecule has 0 aromatic heterocycles. The van der Waals surface area contributed by atoms with E-state index in [-0.39, 0.29) is 27.9 Å². The SMILES string of the molecule is CC(=O)OC1CC[C@@]2(C)C(=CC3(OCCO3)[C@H]3[C@@H]4CC[C@H](O[Si](C)(C)C(C)(C)C)[C@@]4(C)CC[C@@H]32)C1. The van der Waals surface area contributed by atoms with E-state index < -0.39 is 14.1 Å². The van der Waals surface area contributed by atoms with E-state index in [1.54, 1.807) is 0 Å². The van der Waals surface area contributed by atoms with Gasteiger partial charge >= 0.3 is 5.97 Å². The lowest BCUT2D eigenvalue weighted by atomic mass is 9.46. The molecular weight excluding hydrogens is 456 g/mol. The Bertz CT molecular complexity index is 884. The van der Waals surface area contributed by atoms with Crippen molar-refractivity contribution in [1.29, 1.82) is 0 Å². The maximum Gasteiger partial charge on any atom is 0.302 e. The number of esters is 1. The third-order valence-corrected chi connectivity index (χ3v) is 15.8. The minimum absolute atomic E-state index is 0.0236. The number of carbonyl (C=O) groups is 1. The first-order valence-corrected chi connectivity index (χ1v) is 17.0. The molecule has 0 radical (unpaired) electrons. The minimum atomic E-state index is -1.86. The standard InChI is InChI=1S/C29H48O5Si/c1-19(30)33-21-11-13-27(5)20(17-21)18-29(31-15-16-32-29)25-22-9-10-24(28(22,6)14-12-23(25)27)34-35(7,8)26(2,3)4/h18,21-25H,9-17H2,1-8H3/t21?,22-,23-,24-,25-,27-,28-/m0/s1. The third-order valence-electron chi connectivity index (χ3n) is 11.3. The molecule has 5 rings (SSSR count). The van der Waals surface area contributed by atoms with Gasteiger partial charge in [-0.3, -0.25) is 4.79 Å². The van der Waals surface area contributed by atoms with Gasteiger partial charge in [-0.1, -0.05) is 40.2 Å². The summed E-state index contributed by atoms with van der Waals surface area (Å²) in [6, 6.07) is 0. The summed E-state index contributed by atoms with van der Waals surface area (Å²) in [5.41, 5.74) is 1.69. The summed E-state index contributed by atoms with van der Waals surface area (Å²) < 4.78 is 25.9. The van der Waals surface area contributed by atoms with Gasteiger partial charge in [-0.15, -0.1) is 0 Å². The zero-order valence-electron chi connectivity index (χ0n) is 23.4. The van der Waals surface area contributed by atoms with Crippen LogP contribution >= 0.6 is 0 Å². The molecule has 3 saturated carbocycles. The molecule has 1 unspecified atom stereocenters. The molecule has 4 fully saturated rings. The highest BCUT2D eigenvalue weighted by atomic mass is 28.4. The maximum atomic E-state index is 11.7. The molecule has 1 spiro atoms. The van der Waals surface area contributed by atoms with E-state index in [1.165, 1.54) is 31.8 Å². The topological polar surface area (TPSA) is 54.0 Å². The van der Waals surface area contributed by atoms with E-state index in [1.807, 2.05) is 0 Å². The molecule has 7 atom stereocenters. The van der Waals surface area contributed by atoms with Crippen LogP contribution < -0.4 is 0 Å². The van der Waals surface area contributed by atoms with Crippen LogP contribution in [-0.2, 0) is 23.4 Å². The van der Waals surface area contributed by atoms with Crippen LogP contribution in [0.5, 0.6) is 0 Å². The van der Waals surface area contributed by atoms with Gasteiger partial charge in [-0.25, -0.2) is 0 Å². The van der Waals surface area contributed by atoms with Crippen molar-refractivity contribution >= 4 is 14.3 Å². The second kappa shape index (κ2) is 8.41. The number of fused-ring (bicyclic) bond motifs is 6. The Kier molecular flexibility index (Phi) is 6.23. The third kappa shape index (κ3) is 4.00. The van der Waals surface area contributed by atoms with E-state index in [4.69, 9.17) is 18.6 Å². The predicted octanol–water partition coefficient (Wildman–Crippen LogP) is 6.62. The molecule has 4 aliphatic carbocycles. The van der Waals surface area contributed by atoms with Crippen LogP contribution in [0.3, 0.4) is 0 Å². The second-order valence-corrected chi connectivity index (χ2v) is 19.0. The van der Waals surface area contributed by atoms with Crippen molar-refractivity contribution in [1.82, 2.24) is 0 Å². The van der Waals surface area contributed by atoms with Gasteiger partial charge in [0.05, 0.1) is 19.3 Å². The van der Waals surface area contributed by atoms with Crippen molar-refractivity contribution in [2.24, 2.45) is 28.6 Å². The first kappa shape index (κ1) is 25.9. The average Bonchev–Trinajstić information content (AvgIpc) is 3.33. The fourth-order valence-electron chi connectivity index (χ4n) is 8.34. The fraction of sp³-hybridized carbons (Fsp3) is 0.897. The lowest BCUT2D eigenvalue weighted by Gasteiger charge is -2.61. The molecule has 35 heavy (non-hydrogen) atoms. The Hall–Kier alpha value is -0.693. The normalized spacial score (nSPS) is 42.7. The van der Waals surface area contributed by atoms with Gasteiger partial charge in [-0.2, -0.15) is 0 Å². The average molecular weight is 505 g/mol. The summed E-state index contributed by atoms with van der Waals surface area (Å²) in [5, 5.41) is 0.216. The molecular formula is C29H48O5Si. The largest absolute Gasteiger partial charge is 0.462 e. The summed E-state index contributed by atoms with van der Waals surface area (Å²) in [7, 11) is -1.86. The zero-order chi connectivity index (χ0) is 25.4. The summed E-state index contributed by atoms with van der Waals surface area (Å²) in [5.74, 6) is 0.618. The van der Waals surface area contributed by atoms with Gasteiger partial charge in [0.1, 0.15) is 6.10 Å². The Labute approximate surface area is 213 Å². The van der Waals surface area contributed by atoms with Crippen LogP contribution in [0.25, 0.3) is 0 Å². The molecule has 6 heteroatoms. The first-order valence-electron chi connectivity index (χ1n) is 14.1. The summed E-state index contributed by atoms with van der Waals surface area (Å²) in [6.07, 6.45) is 10.2. The van der Waals surface area contributed by atoms with E-state index in [2.05, 4.69) is 53.8 Å². The highest BCUT2D eigenvalue weighted by Gasteiger charge is 2.67. The molecule has 0 N–H and O–H groups in total. The summed E-state index contributed by atoms with van der Waals surface area (Å²) >= 11 is 0. The molecule has 0 amide bonds. The highest BCUT2D eigenvalue weighted by Crippen LogP contribution is 2.68. The molecule has 0 bridgehead atoms. The summed E-state index contributed by atoms with van der Waals surface area (Å²) in [4.78, 5) is 11.7. The molecule has 198 valence electrons. The first-order chi connectivity index (χ1) is 16.2. The number of ether oxygens (including phenoxy) is 3. The lowest BCUT2D eigenvalue weighted by Crippen LogP contribution is -2.61. The van der Waals surface area contributed by atoms with Gasteiger partial charge in [-0.05, 0) is 85.4 Å². The van der Waals surface area contributed by atoms with Crippen LogP contribution in [0.15, 0.2) is 11.6 Å². The van der Waals surface area contributed by atoms with E-state index >= 15 is 0 Å². The number of carbonyl (C=O) groups excluding carboxylic acids is 1. The van der Waals surface area contributed by atoms with Gasteiger partial charge < -0.3 is 18.6 Å². The van der Waals surface area contributed by atoms with E-state index in [0.717, 1.165) is 25.7 Å². The Morgan fingerprint density at radius 1 is 1.03 bits per heavy atom. The smallest absolute Gasteiger partial charge is 0.302 e. The van der Waals surface area contributed by atoms with Crippen molar-refractivity contribution in [3.8, 4) is 0 Å². The van der Waals surface area contributed by atoms with Crippen LogP contribution in [0, 0.1) is 28.6 Å². The summed E-state index contributed by atoms with van der Waals surface area (Å²) in [6.45, 7) is 19.7. The van der Waals surface area contributed by atoms with Gasteiger partial charge in [0.2, 0.25) is 0 Å². The van der Waals surface area contributed by atoms with Gasteiger partial charge in [0.25, 0.3) is 0 Å². The Balaban J connectivity index is 1.49. The molecule has 0 aromatic rings. The molecule has 1 aliphatic heterocycles. The van der Waals surface area contributed by atoms with Crippen LogP contribution in [0.2, 0.25) is 18.1 Å². The predicted molar refractivity (Wildman–Crippen MR) is 139 cm³/mol. The minimum Gasteiger partial charge on any atom is -0.462 e. The molecule has 1 saturated heterocycles.